The van der Waals surface area contributed by atoms with Crippen LogP contribution in [0.15, 0.2) is 24.3 Å². The molecule has 19 heavy (non-hydrogen) atoms. The van der Waals surface area contributed by atoms with E-state index in [4.69, 9.17) is 11.6 Å². The predicted molar refractivity (Wildman–Crippen MR) is 87.1 cm³/mol. The molecule has 0 bridgehead atoms. The first kappa shape index (κ1) is 16.4. The van der Waals surface area contributed by atoms with E-state index < -0.39 is 0 Å². The molecule has 0 aliphatic heterocycles. The molecular weight excluding hydrogens is 254 g/mol. The van der Waals surface area contributed by atoms with Crippen molar-refractivity contribution >= 4 is 17.3 Å². The number of benzene rings is 1. The molecule has 0 radical (unpaired) electrons. The summed E-state index contributed by atoms with van der Waals surface area (Å²) < 4.78 is 0. The highest BCUT2D eigenvalue weighted by Gasteiger charge is 2.08. The number of hydrogen-bond donors (Lipinski definition) is 1. The zero-order valence-electron chi connectivity index (χ0n) is 12.4. The fourth-order valence-corrected chi connectivity index (χ4v) is 2.57. The topological polar surface area (TPSA) is 12.0 Å². The zero-order valence-corrected chi connectivity index (χ0v) is 13.2. The molecule has 1 aromatic rings. The average Bonchev–Trinajstić information content (AvgIpc) is 2.39. The Labute approximate surface area is 123 Å². The highest BCUT2D eigenvalue weighted by Crippen LogP contribution is 2.20. The Morgan fingerprint density at radius 3 is 2.16 bits per heavy atom. The SMILES string of the molecule is CCCCCC(CCCCC)Nc1cccc(Cl)c1. The van der Waals surface area contributed by atoms with E-state index in [2.05, 4.69) is 25.2 Å². The van der Waals surface area contributed by atoms with Crippen LogP contribution in [-0.4, -0.2) is 6.04 Å². The molecule has 0 aliphatic carbocycles. The Kier molecular flexibility index (Phi) is 8.73. The highest BCUT2D eigenvalue weighted by molar-refractivity contribution is 6.30. The summed E-state index contributed by atoms with van der Waals surface area (Å²) in [5.74, 6) is 0. The molecule has 0 amide bonds. The molecule has 0 heterocycles. The molecule has 2 heteroatoms. The summed E-state index contributed by atoms with van der Waals surface area (Å²) in [6, 6.07) is 8.67. The van der Waals surface area contributed by atoms with Crippen molar-refractivity contribution in [2.24, 2.45) is 0 Å². The molecule has 0 aliphatic rings. The van der Waals surface area contributed by atoms with Gasteiger partial charge in [-0.3, -0.25) is 0 Å². The standard InChI is InChI=1S/C17H28ClN/c1-3-5-7-11-16(12-8-6-4-2)19-17-13-9-10-15(18)14-17/h9-10,13-14,16,19H,3-8,11-12H2,1-2H3. The van der Waals surface area contributed by atoms with Crippen LogP contribution >= 0.6 is 11.6 Å². The molecule has 0 spiro atoms. The molecule has 0 aromatic heterocycles. The van der Waals surface area contributed by atoms with Gasteiger partial charge in [0.1, 0.15) is 0 Å². The lowest BCUT2D eigenvalue weighted by Crippen LogP contribution is -2.19. The lowest BCUT2D eigenvalue weighted by molar-refractivity contribution is 0.526. The number of halogens is 1. The van der Waals surface area contributed by atoms with Crippen molar-refractivity contribution in [1.82, 2.24) is 0 Å². The lowest BCUT2D eigenvalue weighted by Gasteiger charge is -2.20. The van der Waals surface area contributed by atoms with Gasteiger partial charge in [-0.25, -0.2) is 0 Å². The van der Waals surface area contributed by atoms with Gasteiger partial charge >= 0.3 is 0 Å². The second kappa shape index (κ2) is 10.1. The summed E-state index contributed by atoms with van der Waals surface area (Å²) in [5.41, 5.74) is 1.16. The maximum atomic E-state index is 6.04. The summed E-state index contributed by atoms with van der Waals surface area (Å²) in [5, 5.41) is 4.46. The van der Waals surface area contributed by atoms with Crippen LogP contribution in [0.1, 0.15) is 65.2 Å². The Morgan fingerprint density at radius 2 is 1.63 bits per heavy atom. The first-order valence-electron chi connectivity index (χ1n) is 7.78. The molecule has 0 saturated heterocycles. The normalized spacial score (nSPS) is 10.9. The third-order valence-corrected chi connectivity index (χ3v) is 3.74. The number of anilines is 1. The highest BCUT2D eigenvalue weighted by atomic mass is 35.5. The van der Waals surface area contributed by atoms with Crippen molar-refractivity contribution in [3.8, 4) is 0 Å². The zero-order chi connectivity index (χ0) is 13.9. The summed E-state index contributed by atoms with van der Waals surface area (Å²) in [6.07, 6.45) is 10.4. The van der Waals surface area contributed by atoms with Crippen LogP contribution in [0.25, 0.3) is 0 Å². The van der Waals surface area contributed by atoms with Crippen LogP contribution < -0.4 is 5.32 Å². The molecule has 0 saturated carbocycles. The third kappa shape index (κ3) is 7.47. The van der Waals surface area contributed by atoms with E-state index in [1.807, 2.05) is 18.2 Å². The smallest absolute Gasteiger partial charge is 0.0426 e. The van der Waals surface area contributed by atoms with Gasteiger partial charge < -0.3 is 5.32 Å². The van der Waals surface area contributed by atoms with Gasteiger partial charge in [-0.05, 0) is 31.0 Å². The second-order valence-corrected chi connectivity index (χ2v) is 5.78. The quantitative estimate of drug-likeness (QED) is 0.498. The van der Waals surface area contributed by atoms with Gasteiger partial charge in [0.15, 0.2) is 0 Å². The van der Waals surface area contributed by atoms with Crippen LogP contribution in [0.3, 0.4) is 0 Å². The lowest BCUT2D eigenvalue weighted by atomic mass is 10.0. The van der Waals surface area contributed by atoms with Crippen LogP contribution in [0.5, 0.6) is 0 Å². The van der Waals surface area contributed by atoms with Crippen molar-refractivity contribution in [1.29, 1.82) is 0 Å². The van der Waals surface area contributed by atoms with Crippen LogP contribution in [0.4, 0.5) is 5.69 Å². The van der Waals surface area contributed by atoms with Crippen molar-refractivity contribution in [2.75, 3.05) is 5.32 Å². The number of rotatable bonds is 10. The molecule has 108 valence electrons. The monoisotopic (exact) mass is 281 g/mol. The van der Waals surface area contributed by atoms with Crippen LogP contribution in [0, 0.1) is 0 Å². The van der Waals surface area contributed by atoms with E-state index in [9.17, 15) is 0 Å². The Bertz CT molecular complexity index is 328. The van der Waals surface area contributed by atoms with E-state index in [1.165, 1.54) is 51.4 Å². The fraction of sp³-hybridized carbons (Fsp3) is 0.647. The van der Waals surface area contributed by atoms with Crippen molar-refractivity contribution in [3.63, 3.8) is 0 Å². The minimum Gasteiger partial charge on any atom is -0.382 e. The Hall–Kier alpha value is -0.690. The van der Waals surface area contributed by atoms with Gasteiger partial charge in [-0.15, -0.1) is 0 Å². The molecular formula is C17H28ClN. The van der Waals surface area contributed by atoms with E-state index in [-0.39, 0.29) is 0 Å². The second-order valence-electron chi connectivity index (χ2n) is 5.34. The van der Waals surface area contributed by atoms with Gasteiger partial charge in [0.05, 0.1) is 0 Å². The third-order valence-electron chi connectivity index (χ3n) is 3.51. The molecule has 1 nitrogen and oxygen atoms in total. The molecule has 1 aromatic carbocycles. The maximum Gasteiger partial charge on any atom is 0.0426 e. The van der Waals surface area contributed by atoms with Crippen LogP contribution in [0.2, 0.25) is 5.02 Å². The first-order chi connectivity index (χ1) is 9.26. The molecule has 1 rings (SSSR count). The van der Waals surface area contributed by atoms with E-state index in [0.29, 0.717) is 6.04 Å². The van der Waals surface area contributed by atoms with Gasteiger partial charge in [0.2, 0.25) is 0 Å². The van der Waals surface area contributed by atoms with E-state index in [0.717, 1.165) is 10.7 Å². The molecule has 1 N–H and O–H groups in total. The van der Waals surface area contributed by atoms with Crippen molar-refractivity contribution in [2.45, 2.75) is 71.3 Å². The first-order valence-corrected chi connectivity index (χ1v) is 8.16. The van der Waals surface area contributed by atoms with Crippen LogP contribution in [-0.2, 0) is 0 Å². The summed E-state index contributed by atoms with van der Waals surface area (Å²) >= 11 is 6.04. The number of nitrogens with one attached hydrogen (secondary N) is 1. The number of hydrogen-bond acceptors (Lipinski definition) is 1. The molecule has 0 atom stereocenters. The summed E-state index contributed by atoms with van der Waals surface area (Å²) in [7, 11) is 0. The van der Waals surface area contributed by atoms with Gasteiger partial charge in [-0.1, -0.05) is 70.0 Å². The largest absolute Gasteiger partial charge is 0.382 e. The molecule has 0 fully saturated rings. The van der Waals surface area contributed by atoms with Crippen molar-refractivity contribution in [3.05, 3.63) is 29.3 Å². The van der Waals surface area contributed by atoms with E-state index in [1.54, 1.807) is 0 Å². The minimum atomic E-state index is 0.594. The summed E-state index contributed by atoms with van der Waals surface area (Å²) in [4.78, 5) is 0. The van der Waals surface area contributed by atoms with Crippen molar-refractivity contribution < 1.29 is 0 Å². The fourth-order valence-electron chi connectivity index (χ4n) is 2.38. The van der Waals surface area contributed by atoms with Gasteiger partial charge in [0.25, 0.3) is 0 Å². The van der Waals surface area contributed by atoms with Gasteiger partial charge in [-0.2, -0.15) is 0 Å². The maximum absolute atomic E-state index is 6.04. The van der Waals surface area contributed by atoms with E-state index >= 15 is 0 Å². The predicted octanol–water partition coefficient (Wildman–Crippen LogP) is 6.28. The minimum absolute atomic E-state index is 0.594. The Balaban J connectivity index is 2.46. The Morgan fingerprint density at radius 1 is 1.00 bits per heavy atom. The molecule has 0 unspecified atom stereocenters. The summed E-state index contributed by atoms with van der Waals surface area (Å²) in [6.45, 7) is 4.52. The van der Waals surface area contributed by atoms with Gasteiger partial charge in [0, 0.05) is 16.8 Å². The average molecular weight is 282 g/mol. The number of unbranched alkanes of at least 4 members (excludes halogenated alkanes) is 4.